The molecule has 5 heteroatoms. The van der Waals surface area contributed by atoms with Crippen molar-refractivity contribution < 1.29 is 0 Å². The van der Waals surface area contributed by atoms with Gasteiger partial charge in [-0.15, -0.1) is 5.11 Å². The van der Waals surface area contributed by atoms with Crippen molar-refractivity contribution in [2.24, 2.45) is 10.2 Å². The second-order valence-corrected chi connectivity index (χ2v) is 6.00. The Balaban J connectivity index is 4.62. The van der Waals surface area contributed by atoms with E-state index < -0.39 is 11.2 Å². The monoisotopic (exact) mass is 294 g/mol. The van der Waals surface area contributed by atoms with Crippen molar-refractivity contribution in [1.82, 2.24) is 0 Å². The molecule has 0 aliphatic carbocycles. The molecule has 20 heavy (non-hydrogen) atoms. The number of rotatable bonds is 10. The number of unbranched alkanes of at least 4 members (excludes halogenated alkanes) is 3. The molecule has 0 saturated heterocycles. The predicted octanol–water partition coefficient (Wildman–Crippen LogP) is 5.04. The molecular weight excluding hydrogens is 268 g/mol. The van der Waals surface area contributed by atoms with Gasteiger partial charge in [-0.2, -0.15) is 23.0 Å². The van der Waals surface area contributed by atoms with Crippen molar-refractivity contribution in [3.8, 4) is 6.07 Å². The SMILES string of the molecule is [C-]#[N+]C(C)(CCCS)N=NC(C)(C#N)CCCCCC. The number of nitrogens with zero attached hydrogens (tertiary/aromatic N) is 4. The van der Waals surface area contributed by atoms with E-state index in [-0.39, 0.29) is 0 Å². The summed E-state index contributed by atoms with van der Waals surface area (Å²) in [5.41, 5.74) is -1.66. The fourth-order valence-corrected chi connectivity index (χ4v) is 1.94. The second-order valence-electron chi connectivity index (χ2n) is 5.55. The summed E-state index contributed by atoms with van der Waals surface area (Å²) in [6.07, 6.45) is 6.59. The van der Waals surface area contributed by atoms with Gasteiger partial charge in [-0.05, 0) is 31.9 Å². The van der Waals surface area contributed by atoms with Gasteiger partial charge in [0.2, 0.25) is 0 Å². The number of hydrogen-bond acceptors (Lipinski definition) is 4. The quantitative estimate of drug-likeness (QED) is 0.261. The third-order valence-corrected chi connectivity index (χ3v) is 3.61. The third-order valence-electron chi connectivity index (χ3n) is 3.29. The zero-order chi connectivity index (χ0) is 15.5. The maximum Gasteiger partial charge on any atom is 0.337 e. The molecule has 0 radical (unpaired) electrons. The van der Waals surface area contributed by atoms with Crippen molar-refractivity contribution in [1.29, 1.82) is 5.26 Å². The van der Waals surface area contributed by atoms with Gasteiger partial charge < -0.3 is 0 Å². The highest BCUT2D eigenvalue weighted by Crippen LogP contribution is 2.25. The van der Waals surface area contributed by atoms with E-state index in [4.69, 9.17) is 6.57 Å². The minimum Gasteiger partial charge on any atom is -0.284 e. The molecule has 4 nitrogen and oxygen atoms in total. The molecule has 0 saturated carbocycles. The van der Waals surface area contributed by atoms with Crippen molar-refractivity contribution >= 4 is 12.6 Å². The van der Waals surface area contributed by atoms with E-state index in [9.17, 15) is 5.26 Å². The Bertz CT molecular complexity index is 382. The van der Waals surface area contributed by atoms with Crippen molar-refractivity contribution in [2.45, 2.75) is 76.9 Å². The molecule has 2 atom stereocenters. The molecule has 0 fully saturated rings. The predicted molar refractivity (Wildman–Crippen MR) is 85.7 cm³/mol. The molecule has 0 amide bonds. The molecule has 0 rings (SSSR count). The summed E-state index contributed by atoms with van der Waals surface area (Å²) in [7, 11) is 0. The summed E-state index contributed by atoms with van der Waals surface area (Å²) in [6.45, 7) is 13.0. The lowest BCUT2D eigenvalue weighted by Crippen LogP contribution is -2.22. The van der Waals surface area contributed by atoms with Crippen LogP contribution in [0.2, 0.25) is 0 Å². The van der Waals surface area contributed by atoms with Gasteiger partial charge in [-0.25, -0.2) is 6.57 Å². The zero-order valence-electron chi connectivity index (χ0n) is 12.9. The van der Waals surface area contributed by atoms with E-state index >= 15 is 0 Å². The zero-order valence-corrected chi connectivity index (χ0v) is 13.8. The van der Waals surface area contributed by atoms with E-state index in [1.807, 2.05) is 0 Å². The first-order chi connectivity index (χ1) is 9.45. The van der Waals surface area contributed by atoms with Crippen molar-refractivity contribution in [3.63, 3.8) is 0 Å². The van der Waals surface area contributed by atoms with Gasteiger partial charge in [0.1, 0.15) is 0 Å². The largest absolute Gasteiger partial charge is 0.337 e. The number of hydrogen-bond donors (Lipinski definition) is 1. The van der Waals surface area contributed by atoms with Crippen LogP contribution >= 0.6 is 12.6 Å². The smallest absolute Gasteiger partial charge is 0.284 e. The Labute approximate surface area is 128 Å². The molecule has 0 aromatic heterocycles. The van der Waals surface area contributed by atoms with E-state index in [1.165, 1.54) is 12.8 Å². The molecule has 0 spiro atoms. The molecule has 112 valence electrons. The Morgan fingerprint density at radius 2 is 1.85 bits per heavy atom. The Hall–Kier alpha value is -1.07. The van der Waals surface area contributed by atoms with E-state index in [2.05, 4.69) is 40.7 Å². The topological polar surface area (TPSA) is 52.9 Å². The summed E-state index contributed by atoms with van der Waals surface area (Å²) in [5, 5.41) is 17.7. The Morgan fingerprint density at radius 3 is 2.35 bits per heavy atom. The van der Waals surface area contributed by atoms with Gasteiger partial charge in [0.25, 0.3) is 0 Å². The van der Waals surface area contributed by atoms with Crippen LogP contribution in [0.5, 0.6) is 0 Å². The summed E-state index contributed by atoms with van der Waals surface area (Å²) < 4.78 is 0. The summed E-state index contributed by atoms with van der Waals surface area (Å²) in [6, 6.07) is 2.23. The van der Waals surface area contributed by atoms with Crippen LogP contribution in [-0.4, -0.2) is 17.0 Å². The third kappa shape index (κ3) is 7.50. The number of thiol groups is 1. The fraction of sp³-hybridized carbons (Fsp3) is 0.867. The highest BCUT2D eigenvalue weighted by atomic mass is 32.1. The summed E-state index contributed by atoms with van der Waals surface area (Å²) >= 11 is 4.15. The molecule has 0 bridgehead atoms. The fourth-order valence-electron chi connectivity index (χ4n) is 1.78. The van der Waals surface area contributed by atoms with Crippen LogP contribution in [0.15, 0.2) is 10.2 Å². The Morgan fingerprint density at radius 1 is 1.15 bits per heavy atom. The minimum absolute atomic E-state index is 0.626. The van der Waals surface area contributed by atoms with Crippen LogP contribution in [0.25, 0.3) is 4.85 Å². The van der Waals surface area contributed by atoms with Gasteiger partial charge in [0.05, 0.1) is 12.5 Å². The minimum atomic E-state index is -0.857. The molecule has 2 unspecified atom stereocenters. The number of nitriles is 1. The van der Waals surface area contributed by atoms with Crippen molar-refractivity contribution in [2.75, 3.05) is 5.75 Å². The highest BCUT2D eigenvalue weighted by Gasteiger charge is 2.31. The first kappa shape index (κ1) is 18.9. The second kappa shape index (κ2) is 9.77. The lowest BCUT2D eigenvalue weighted by Gasteiger charge is -2.17. The number of azo groups is 1. The van der Waals surface area contributed by atoms with Gasteiger partial charge in [0.15, 0.2) is 5.54 Å². The lowest BCUT2D eigenvalue weighted by atomic mass is 9.97. The van der Waals surface area contributed by atoms with E-state index in [1.54, 1.807) is 13.8 Å². The van der Waals surface area contributed by atoms with Gasteiger partial charge in [-0.3, -0.25) is 4.85 Å². The normalized spacial score (nSPS) is 17.1. The molecule has 0 heterocycles. The maximum absolute atomic E-state index is 9.29. The van der Waals surface area contributed by atoms with Crippen LogP contribution in [0.4, 0.5) is 0 Å². The lowest BCUT2D eigenvalue weighted by molar-refractivity contribution is 0.428. The standard InChI is InChI=1S/C15H26N4S/c1-5-6-7-8-10-14(2,13-16)18-19-15(3,17-4)11-9-12-20/h20H,5-12H2,1-3H3. The summed E-state index contributed by atoms with van der Waals surface area (Å²) in [5.74, 6) is 0.729. The highest BCUT2D eigenvalue weighted by molar-refractivity contribution is 7.80. The average molecular weight is 294 g/mol. The average Bonchev–Trinajstić information content (AvgIpc) is 2.47. The van der Waals surface area contributed by atoms with Crippen molar-refractivity contribution in [3.05, 3.63) is 11.4 Å². The molecule has 0 aliphatic rings. The van der Waals surface area contributed by atoms with Gasteiger partial charge in [-0.1, -0.05) is 26.2 Å². The first-order valence-electron chi connectivity index (χ1n) is 7.30. The molecule has 0 N–H and O–H groups in total. The molecule has 0 aliphatic heterocycles. The summed E-state index contributed by atoms with van der Waals surface area (Å²) in [4.78, 5) is 3.55. The van der Waals surface area contributed by atoms with Crippen LogP contribution in [0.1, 0.15) is 65.7 Å². The maximum atomic E-state index is 9.29. The Kier molecular flexibility index (Phi) is 9.25. The molecular formula is C15H26N4S. The first-order valence-corrected chi connectivity index (χ1v) is 7.93. The van der Waals surface area contributed by atoms with Gasteiger partial charge in [0, 0.05) is 6.92 Å². The van der Waals surface area contributed by atoms with Crippen LogP contribution in [-0.2, 0) is 0 Å². The molecule has 0 aromatic carbocycles. The van der Waals surface area contributed by atoms with E-state index in [0.29, 0.717) is 12.8 Å². The van der Waals surface area contributed by atoms with E-state index in [0.717, 1.165) is 25.0 Å². The van der Waals surface area contributed by atoms with Gasteiger partial charge >= 0.3 is 5.66 Å². The van der Waals surface area contributed by atoms with Crippen LogP contribution in [0.3, 0.4) is 0 Å². The van der Waals surface area contributed by atoms with Crippen LogP contribution in [0, 0.1) is 17.9 Å². The molecule has 0 aromatic rings. The van der Waals surface area contributed by atoms with Crippen LogP contribution < -0.4 is 0 Å².